The number of aromatic carboxylic acids is 1. The third kappa shape index (κ3) is 4.30. The molecule has 0 saturated carbocycles. The molecule has 0 heterocycles. The topological polar surface area (TPSA) is 113 Å². The molecule has 0 atom stereocenters. The highest BCUT2D eigenvalue weighted by Crippen LogP contribution is 2.24. The SMILES string of the molecule is O=C(O)c1ccccc1NC(=O)c1ccccc1NS(=O)(=O)c1ccc2ccccc2c1. The highest BCUT2D eigenvalue weighted by Gasteiger charge is 2.20. The molecule has 8 heteroatoms. The van der Waals surface area contributed by atoms with Gasteiger partial charge in [-0.1, -0.05) is 54.6 Å². The Morgan fingerprint density at radius 1 is 0.688 bits per heavy atom. The minimum atomic E-state index is -3.98. The predicted molar refractivity (Wildman–Crippen MR) is 123 cm³/mol. The van der Waals surface area contributed by atoms with Crippen LogP contribution in [0.1, 0.15) is 20.7 Å². The maximum absolute atomic E-state index is 13.0. The molecule has 0 aliphatic carbocycles. The summed E-state index contributed by atoms with van der Waals surface area (Å²) in [5, 5.41) is 13.5. The zero-order valence-corrected chi connectivity index (χ0v) is 17.5. The number of benzene rings is 4. The number of carbonyl (C=O) groups excluding carboxylic acids is 1. The molecule has 0 aromatic heterocycles. The number of para-hydroxylation sites is 2. The molecule has 7 nitrogen and oxygen atoms in total. The number of carbonyl (C=O) groups is 2. The minimum absolute atomic E-state index is 0.0528. The number of hydrogen-bond acceptors (Lipinski definition) is 4. The first-order valence-electron chi connectivity index (χ1n) is 9.59. The Kier molecular flexibility index (Phi) is 5.61. The van der Waals surface area contributed by atoms with E-state index in [-0.39, 0.29) is 27.4 Å². The third-order valence-corrected chi connectivity index (χ3v) is 6.22. The maximum Gasteiger partial charge on any atom is 0.337 e. The standard InChI is InChI=1S/C24H18N2O5S/c27-23(25-21-11-5-4-10-20(21)24(28)29)19-9-3-6-12-22(19)26-32(30,31)18-14-13-16-7-1-2-8-17(16)15-18/h1-15,26H,(H,25,27)(H,28,29). The van der Waals surface area contributed by atoms with E-state index in [1.807, 2.05) is 24.3 Å². The lowest BCUT2D eigenvalue weighted by molar-refractivity contribution is 0.0698. The van der Waals surface area contributed by atoms with Crippen LogP contribution in [0.5, 0.6) is 0 Å². The summed E-state index contributed by atoms with van der Waals surface area (Å²) < 4.78 is 28.5. The van der Waals surface area contributed by atoms with Gasteiger partial charge in [0, 0.05) is 0 Å². The number of hydrogen-bond donors (Lipinski definition) is 3. The summed E-state index contributed by atoms with van der Waals surface area (Å²) in [5.74, 6) is -1.83. The van der Waals surface area contributed by atoms with E-state index in [9.17, 15) is 23.1 Å². The lowest BCUT2D eigenvalue weighted by Crippen LogP contribution is -2.19. The molecule has 0 aliphatic heterocycles. The van der Waals surface area contributed by atoms with Gasteiger partial charge in [-0.3, -0.25) is 9.52 Å². The van der Waals surface area contributed by atoms with Crippen LogP contribution in [0.4, 0.5) is 11.4 Å². The molecular formula is C24H18N2O5S. The monoisotopic (exact) mass is 446 g/mol. The number of rotatable bonds is 6. The van der Waals surface area contributed by atoms with E-state index in [1.54, 1.807) is 36.4 Å². The van der Waals surface area contributed by atoms with Crippen LogP contribution in [0.2, 0.25) is 0 Å². The minimum Gasteiger partial charge on any atom is -0.478 e. The molecule has 0 saturated heterocycles. The van der Waals surface area contributed by atoms with Crippen molar-refractivity contribution in [1.82, 2.24) is 0 Å². The second kappa shape index (κ2) is 8.52. The average Bonchev–Trinajstić information content (AvgIpc) is 2.79. The molecule has 4 aromatic carbocycles. The molecule has 0 aliphatic rings. The van der Waals surface area contributed by atoms with Crippen LogP contribution in [-0.4, -0.2) is 25.4 Å². The summed E-state index contributed by atoms with van der Waals surface area (Å²) in [5.41, 5.74) is 0.162. The Morgan fingerprint density at radius 2 is 1.28 bits per heavy atom. The van der Waals surface area contributed by atoms with Crippen molar-refractivity contribution in [2.45, 2.75) is 4.90 Å². The van der Waals surface area contributed by atoms with Gasteiger partial charge in [-0.05, 0) is 47.2 Å². The Labute approximate surface area is 184 Å². The van der Waals surface area contributed by atoms with Crippen molar-refractivity contribution in [3.05, 3.63) is 102 Å². The van der Waals surface area contributed by atoms with Crippen molar-refractivity contribution in [2.75, 3.05) is 10.0 Å². The largest absolute Gasteiger partial charge is 0.478 e. The molecule has 0 bridgehead atoms. The Hall–Kier alpha value is -4.17. The summed E-state index contributed by atoms with van der Waals surface area (Å²) in [6, 6.07) is 24.2. The molecule has 0 unspecified atom stereocenters. The quantitative estimate of drug-likeness (QED) is 0.401. The van der Waals surface area contributed by atoms with Gasteiger partial charge < -0.3 is 10.4 Å². The first-order valence-corrected chi connectivity index (χ1v) is 11.1. The van der Waals surface area contributed by atoms with Gasteiger partial charge in [0.15, 0.2) is 0 Å². The van der Waals surface area contributed by atoms with Gasteiger partial charge in [-0.15, -0.1) is 0 Å². The summed E-state index contributed by atoms with van der Waals surface area (Å²) in [6.07, 6.45) is 0. The Balaban J connectivity index is 1.64. The van der Waals surface area contributed by atoms with Crippen LogP contribution >= 0.6 is 0 Å². The van der Waals surface area contributed by atoms with Crippen LogP contribution < -0.4 is 10.0 Å². The van der Waals surface area contributed by atoms with Crippen LogP contribution in [0.15, 0.2) is 95.9 Å². The van der Waals surface area contributed by atoms with Crippen LogP contribution in [0, 0.1) is 0 Å². The van der Waals surface area contributed by atoms with Gasteiger partial charge in [0.1, 0.15) is 0 Å². The second-order valence-electron chi connectivity index (χ2n) is 6.96. The highest BCUT2D eigenvalue weighted by molar-refractivity contribution is 7.92. The first kappa shape index (κ1) is 21.1. The van der Waals surface area contributed by atoms with E-state index in [1.165, 1.54) is 30.3 Å². The average molecular weight is 446 g/mol. The lowest BCUT2D eigenvalue weighted by Gasteiger charge is -2.14. The van der Waals surface area contributed by atoms with Crippen molar-refractivity contribution < 1.29 is 23.1 Å². The number of carboxylic acids is 1. The van der Waals surface area contributed by atoms with Crippen molar-refractivity contribution in [1.29, 1.82) is 0 Å². The smallest absolute Gasteiger partial charge is 0.337 e. The van der Waals surface area contributed by atoms with E-state index in [4.69, 9.17) is 0 Å². The van der Waals surface area contributed by atoms with Crippen molar-refractivity contribution in [2.24, 2.45) is 0 Å². The van der Waals surface area contributed by atoms with Crippen molar-refractivity contribution in [3.63, 3.8) is 0 Å². The van der Waals surface area contributed by atoms with E-state index in [0.717, 1.165) is 10.8 Å². The number of carboxylic acid groups (broad SMARTS) is 1. The number of amides is 1. The molecule has 160 valence electrons. The first-order chi connectivity index (χ1) is 15.3. The van der Waals surface area contributed by atoms with Gasteiger partial charge in [0.25, 0.3) is 15.9 Å². The molecular weight excluding hydrogens is 428 g/mol. The second-order valence-corrected chi connectivity index (χ2v) is 8.65. The fourth-order valence-electron chi connectivity index (χ4n) is 3.28. The normalized spacial score (nSPS) is 11.1. The van der Waals surface area contributed by atoms with E-state index >= 15 is 0 Å². The van der Waals surface area contributed by atoms with Gasteiger partial charge >= 0.3 is 5.97 Å². The molecule has 4 aromatic rings. The van der Waals surface area contributed by atoms with E-state index in [2.05, 4.69) is 10.0 Å². The zero-order valence-electron chi connectivity index (χ0n) is 16.6. The number of fused-ring (bicyclic) bond motifs is 1. The van der Waals surface area contributed by atoms with E-state index in [0.29, 0.717) is 0 Å². The Bertz CT molecular complexity index is 1450. The number of sulfonamides is 1. The summed E-state index contributed by atoms with van der Waals surface area (Å²) in [7, 11) is -3.98. The van der Waals surface area contributed by atoms with E-state index < -0.39 is 21.9 Å². The summed E-state index contributed by atoms with van der Waals surface area (Å²) in [6.45, 7) is 0. The van der Waals surface area contributed by atoms with Gasteiger partial charge in [0.05, 0.1) is 27.4 Å². The van der Waals surface area contributed by atoms with Crippen LogP contribution in [0.25, 0.3) is 10.8 Å². The van der Waals surface area contributed by atoms with Crippen molar-refractivity contribution in [3.8, 4) is 0 Å². The van der Waals surface area contributed by atoms with Gasteiger partial charge in [-0.2, -0.15) is 0 Å². The maximum atomic E-state index is 13.0. The predicted octanol–water partition coefficient (Wildman–Crippen LogP) is 4.59. The fourth-order valence-corrected chi connectivity index (χ4v) is 4.39. The van der Waals surface area contributed by atoms with Crippen LogP contribution in [-0.2, 0) is 10.0 Å². The van der Waals surface area contributed by atoms with Crippen LogP contribution in [0.3, 0.4) is 0 Å². The molecule has 0 spiro atoms. The molecule has 0 radical (unpaired) electrons. The van der Waals surface area contributed by atoms with Gasteiger partial charge in [0.2, 0.25) is 0 Å². The fraction of sp³-hybridized carbons (Fsp3) is 0. The molecule has 1 amide bonds. The molecule has 32 heavy (non-hydrogen) atoms. The Morgan fingerprint density at radius 3 is 2.00 bits per heavy atom. The summed E-state index contributed by atoms with van der Waals surface area (Å²) in [4.78, 5) is 24.3. The summed E-state index contributed by atoms with van der Waals surface area (Å²) >= 11 is 0. The van der Waals surface area contributed by atoms with Gasteiger partial charge in [-0.25, -0.2) is 13.2 Å². The molecule has 3 N–H and O–H groups in total. The third-order valence-electron chi connectivity index (χ3n) is 4.85. The van der Waals surface area contributed by atoms with Crippen molar-refractivity contribution >= 4 is 44.0 Å². The number of nitrogens with one attached hydrogen (secondary N) is 2. The molecule has 0 fully saturated rings. The lowest BCUT2D eigenvalue weighted by atomic mass is 10.1. The number of anilines is 2. The zero-order chi connectivity index (χ0) is 22.7. The highest BCUT2D eigenvalue weighted by atomic mass is 32.2. The molecule has 4 rings (SSSR count).